The van der Waals surface area contributed by atoms with Gasteiger partial charge in [-0.25, -0.2) is 0 Å². The Morgan fingerprint density at radius 2 is 2.40 bits per heavy atom. The Hall–Kier alpha value is -2.24. The van der Waals surface area contributed by atoms with Gasteiger partial charge in [0.2, 0.25) is 0 Å². The Balaban J connectivity index is 2.10. The summed E-state index contributed by atoms with van der Waals surface area (Å²) in [7, 11) is 0. The molecule has 108 valence electrons. The van der Waals surface area contributed by atoms with Gasteiger partial charge >= 0.3 is 0 Å². The third-order valence-corrected chi connectivity index (χ3v) is 3.31. The summed E-state index contributed by atoms with van der Waals surface area (Å²) < 4.78 is 5.40. The summed E-state index contributed by atoms with van der Waals surface area (Å²) >= 11 is 0. The van der Waals surface area contributed by atoms with Gasteiger partial charge in [0, 0.05) is 12.0 Å². The molecule has 4 N–H and O–H groups in total. The van der Waals surface area contributed by atoms with Crippen LogP contribution in [0.5, 0.6) is 5.75 Å². The Morgan fingerprint density at radius 1 is 1.60 bits per heavy atom. The van der Waals surface area contributed by atoms with Crippen LogP contribution in [0.1, 0.15) is 35.7 Å². The smallest absolute Gasteiger partial charge is 0.251 e. The molecule has 1 aliphatic heterocycles. The standard InChI is InChI=1S/C14H19N3O3/c1-2-3-11(13(15)17-19)16-14(18)10-4-5-12-9(8-10)6-7-20-12/h4-5,8,11,19H,2-3,6-7H2,1H3,(H2,15,17)(H,16,18). The van der Waals surface area contributed by atoms with Crippen LogP contribution in [0.25, 0.3) is 0 Å². The van der Waals surface area contributed by atoms with Crippen LogP contribution in [0.15, 0.2) is 23.4 Å². The minimum absolute atomic E-state index is 0.0182. The van der Waals surface area contributed by atoms with E-state index in [1.807, 2.05) is 13.0 Å². The Morgan fingerprint density at radius 3 is 3.10 bits per heavy atom. The van der Waals surface area contributed by atoms with Crippen LogP contribution >= 0.6 is 0 Å². The molecule has 0 saturated heterocycles. The van der Waals surface area contributed by atoms with Crippen LogP contribution in [-0.4, -0.2) is 29.6 Å². The number of fused-ring (bicyclic) bond motifs is 1. The summed E-state index contributed by atoms with van der Waals surface area (Å²) in [5, 5.41) is 14.5. The van der Waals surface area contributed by atoms with E-state index in [9.17, 15) is 4.79 Å². The van der Waals surface area contributed by atoms with E-state index in [0.29, 0.717) is 18.6 Å². The molecule has 6 heteroatoms. The van der Waals surface area contributed by atoms with Crippen molar-refractivity contribution in [1.82, 2.24) is 5.32 Å². The van der Waals surface area contributed by atoms with Crippen LogP contribution in [0.2, 0.25) is 0 Å². The number of nitrogens with one attached hydrogen (secondary N) is 1. The SMILES string of the molecule is CCCC(NC(=O)c1ccc2c(c1)CCO2)C(N)=NO. The lowest BCUT2D eigenvalue weighted by molar-refractivity contribution is 0.0945. The zero-order chi connectivity index (χ0) is 14.5. The van der Waals surface area contributed by atoms with Crippen LogP contribution in [0, 0.1) is 0 Å². The quantitative estimate of drug-likeness (QED) is 0.327. The first-order valence-electron chi connectivity index (χ1n) is 6.69. The highest BCUT2D eigenvalue weighted by atomic mass is 16.5. The van der Waals surface area contributed by atoms with E-state index in [1.165, 1.54) is 0 Å². The molecule has 1 heterocycles. The molecule has 1 aliphatic rings. The second kappa shape index (κ2) is 6.27. The molecule has 1 aromatic carbocycles. The van der Waals surface area contributed by atoms with Crippen LogP contribution in [-0.2, 0) is 6.42 Å². The van der Waals surface area contributed by atoms with Gasteiger partial charge < -0.3 is 21.0 Å². The summed E-state index contributed by atoms with van der Waals surface area (Å²) in [6.07, 6.45) is 2.25. The van der Waals surface area contributed by atoms with Gasteiger partial charge in [0.15, 0.2) is 5.84 Å². The number of carbonyl (C=O) groups is 1. The van der Waals surface area contributed by atoms with Crippen molar-refractivity contribution in [3.05, 3.63) is 29.3 Å². The fraction of sp³-hybridized carbons (Fsp3) is 0.429. The molecule has 0 saturated carbocycles. The molecule has 1 atom stereocenters. The number of hydrogen-bond donors (Lipinski definition) is 3. The van der Waals surface area contributed by atoms with Crippen LogP contribution < -0.4 is 15.8 Å². The first-order chi connectivity index (χ1) is 9.65. The number of amides is 1. The van der Waals surface area contributed by atoms with Gasteiger partial charge in [0.25, 0.3) is 5.91 Å². The molecular formula is C14H19N3O3. The minimum Gasteiger partial charge on any atom is -0.493 e. The van der Waals surface area contributed by atoms with Crippen molar-refractivity contribution in [3.63, 3.8) is 0 Å². The van der Waals surface area contributed by atoms with Gasteiger partial charge in [-0.3, -0.25) is 4.79 Å². The molecule has 1 aromatic rings. The normalized spacial score (nSPS) is 15.3. The minimum atomic E-state index is -0.456. The molecule has 6 nitrogen and oxygen atoms in total. The Bertz CT molecular complexity index is 528. The number of benzene rings is 1. The maximum atomic E-state index is 12.2. The zero-order valence-electron chi connectivity index (χ0n) is 11.4. The van der Waals surface area contributed by atoms with E-state index in [4.69, 9.17) is 15.7 Å². The first-order valence-corrected chi connectivity index (χ1v) is 6.69. The maximum Gasteiger partial charge on any atom is 0.251 e. The van der Waals surface area contributed by atoms with Crippen molar-refractivity contribution in [2.24, 2.45) is 10.9 Å². The molecule has 2 rings (SSSR count). The van der Waals surface area contributed by atoms with E-state index in [0.717, 1.165) is 24.2 Å². The average molecular weight is 277 g/mol. The summed E-state index contributed by atoms with van der Waals surface area (Å²) in [5.41, 5.74) is 7.18. The number of nitrogens with two attached hydrogens (primary N) is 1. The Labute approximate surface area is 117 Å². The van der Waals surface area contributed by atoms with E-state index in [2.05, 4.69) is 10.5 Å². The molecule has 0 fully saturated rings. The molecule has 0 spiro atoms. The number of oxime groups is 1. The zero-order valence-corrected chi connectivity index (χ0v) is 11.4. The molecule has 1 unspecified atom stereocenters. The van der Waals surface area contributed by atoms with Crippen molar-refractivity contribution >= 4 is 11.7 Å². The van der Waals surface area contributed by atoms with Crippen molar-refractivity contribution in [2.75, 3.05) is 6.61 Å². The largest absolute Gasteiger partial charge is 0.493 e. The third-order valence-electron chi connectivity index (χ3n) is 3.31. The molecule has 0 aromatic heterocycles. The first kappa shape index (κ1) is 14.2. The number of hydrogen-bond acceptors (Lipinski definition) is 4. The molecule has 0 bridgehead atoms. The molecule has 0 radical (unpaired) electrons. The van der Waals surface area contributed by atoms with Crippen molar-refractivity contribution in [3.8, 4) is 5.75 Å². The highest BCUT2D eigenvalue weighted by Gasteiger charge is 2.19. The van der Waals surface area contributed by atoms with Crippen molar-refractivity contribution in [2.45, 2.75) is 32.2 Å². The second-order valence-corrected chi connectivity index (χ2v) is 4.76. The molecule has 20 heavy (non-hydrogen) atoms. The van der Waals surface area contributed by atoms with E-state index in [1.54, 1.807) is 12.1 Å². The van der Waals surface area contributed by atoms with E-state index >= 15 is 0 Å². The predicted octanol–water partition coefficient (Wildman–Crippen LogP) is 1.27. The number of rotatable bonds is 5. The number of amidine groups is 1. The summed E-state index contributed by atoms with van der Waals surface area (Å²) in [4.78, 5) is 12.2. The van der Waals surface area contributed by atoms with E-state index in [-0.39, 0.29) is 11.7 Å². The van der Waals surface area contributed by atoms with Crippen LogP contribution in [0.4, 0.5) is 0 Å². The Kier molecular flexibility index (Phi) is 4.45. The second-order valence-electron chi connectivity index (χ2n) is 4.76. The fourth-order valence-corrected chi connectivity index (χ4v) is 2.22. The average Bonchev–Trinajstić information content (AvgIpc) is 2.93. The van der Waals surface area contributed by atoms with Gasteiger partial charge in [0.1, 0.15) is 5.75 Å². The van der Waals surface area contributed by atoms with Gasteiger partial charge in [-0.2, -0.15) is 0 Å². The molecular weight excluding hydrogens is 258 g/mol. The van der Waals surface area contributed by atoms with Crippen molar-refractivity contribution in [1.29, 1.82) is 0 Å². The van der Waals surface area contributed by atoms with Gasteiger partial charge in [0.05, 0.1) is 12.6 Å². The summed E-state index contributed by atoms with van der Waals surface area (Å²) in [6, 6.07) is 4.89. The maximum absolute atomic E-state index is 12.2. The number of ether oxygens (including phenoxy) is 1. The lowest BCUT2D eigenvalue weighted by Crippen LogP contribution is -2.44. The van der Waals surface area contributed by atoms with Crippen molar-refractivity contribution < 1.29 is 14.7 Å². The summed E-state index contributed by atoms with van der Waals surface area (Å²) in [5.74, 6) is 0.623. The predicted molar refractivity (Wildman–Crippen MR) is 75.2 cm³/mol. The fourth-order valence-electron chi connectivity index (χ4n) is 2.22. The third kappa shape index (κ3) is 3.01. The monoisotopic (exact) mass is 277 g/mol. The van der Waals surface area contributed by atoms with Crippen LogP contribution in [0.3, 0.4) is 0 Å². The molecule has 0 aliphatic carbocycles. The van der Waals surface area contributed by atoms with Gasteiger partial charge in [-0.15, -0.1) is 0 Å². The highest BCUT2D eigenvalue weighted by Crippen LogP contribution is 2.25. The van der Waals surface area contributed by atoms with Gasteiger partial charge in [-0.1, -0.05) is 18.5 Å². The highest BCUT2D eigenvalue weighted by molar-refractivity contribution is 5.98. The topological polar surface area (TPSA) is 96.9 Å². The van der Waals surface area contributed by atoms with Gasteiger partial charge in [-0.05, 0) is 30.2 Å². The lowest BCUT2D eigenvalue weighted by Gasteiger charge is -2.16. The van der Waals surface area contributed by atoms with E-state index < -0.39 is 6.04 Å². The number of carbonyl (C=O) groups excluding carboxylic acids is 1. The summed E-state index contributed by atoms with van der Waals surface area (Å²) in [6.45, 7) is 2.62. The number of nitrogens with zero attached hydrogens (tertiary/aromatic N) is 1. The molecule has 1 amide bonds. The lowest BCUT2D eigenvalue weighted by atomic mass is 10.1.